The highest BCUT2D eigenvalue weighted by Gasteiger charge is 2.27. The van der Waals surface area contributed by atoms with E-state index in [1.807, 2.05) is 24.3 Å². The lowest BCUT2D eigenvalue weighted by atomic mass is 10.1. The molecule has 1 aliphatic rings. The highest BCUT2D eigenvalue weighted by Crippen LogP contribution is 2.24. The Morgan fingerprint density at radius 2 is 2.06 bits per heavy atom. The zero-order chi connectivity index (χ0) is 13.0. The van der Waals surface area contributed by atoms with Gasteiger partial charge in [-0.05, 0) is 30.4 Å². The van der Waals surface area contributed by atoms with Gasteiger partial charge in [0.1, 0.15) is 0 Å². The van der Waals surface area contributed by atoms with Crippen LogP contribution in [0.15, 0.2) is 24.3 Å². The summed E-state index contributed by atoms with van der Waals surface area (Å²) in [6.45, 7) is 0.474. The van der Waals surface area contributed by atoms with Gasteiger partial charge in [-0.3, -0.25) is 4.79 Å². The molecule has 18 heavy (non-hydrogen) atoms. The van der Waals surface area contributed by atoms with Crippen LogP contribution in [-0.4, -0.2) is 17.1 Å². The number of carbonyl (C=O) groups is 1. The third-order valence-corrected chi connectivity index (χ3v) is 3.59. The Morgan fingerprint density at radius 1 is 1.33 bits per heavy atom. The van der Waals surface area contributed by atoms with Crippen molar-refractivity contribution in [1.82, 2.24) is 5.32 Å². The lowest BCUT2D eigenvalue weighted by molar-refractivity contribution is -0.125. The zero-order valence-electron chi connectivity index (χ0n) is 10.4. The van der Waals surface area contributed by atoms with Crippen molar-refractivity contribution < 1.29 is 9.90 Å². The highest BCUT2D eigenvalue weighted by molar-refractivity contribution is 5.79. The van der Waals surface area contributed by atoms with Gasteiger partial charge in [0.05, 0.1) is 6.61 Å². The summed E-state index contributed by atoms with van der Waals surface area (Å²) in [5.74, 6) is 0.136. The average molecular weight is 248 g/mol. The largest absolute Gasteiger partial charge is 0.392 e. The van der Waals surface area contributed by atoms with Crippen LogP contribution in [0.1, 0.15) is 30.4 Å². The first kappa shape index (κ1) is 13.1. The molecule has 2 atom stereocenters. The minimum Gasteiger partial charge on any atom is -0.392 e. The van der Waals surface area contributed by atoms with Crippen molar-refractivity contribution in [1.29, 1.82) is 0 Å². The van der Waals surface area contributed by atoms with Crippen LogP contribution >= 0.6 is 0 Å². The molecule has 2 unspecified atom stereocenters. The number of benzene rings is 1. The van der Waals surface area contributed by atoms with Gasteiger partial charge in [0.25, 0.3) is 0 Å². The van der Waals surface area contributed by atoms with Crippen molar-refractivity contribution >= 4 is 5.91 Å². The number of nitrogens with one attached hydrogen (secondary N) is 1. The van der Waals surface area contributed by atoms with Crippen LogP contribution in [0.2, 0.25) is 0 Å². The van der Waals surface area contributed by atoms with Crippen LogP contribution in [0, 0.1) is 5.92 Å². The molecule has 0 heterocycles. The molecule has 4 N–H and O–H groups in total. The molecule has 1 amide bonds. The number of hydrogen-bond acceptors (Lipinski definition) is 3. The molecule has 0 aromatic heterocycles. The summed E-state index contributed by atoms with van der Waals surface area (Å²) in [5.41, 5.74) is 7.63. The minimum atomic E-state index is 0.000344. The van der Waals surface area contributed by atoms with E-state index in [4.69, 9.17) is 5.73 Å². The molecule has 2 rings (SSSR count). The van der Waals surface area contributed by atoms with Crippen molar-refractivity contribution in [3.63, 3.8) is 0 Å². The second kappa shape index (κ2) is 5.98. The first-order valence-corrected chi connectivity index (χ1v) is 6.41. The maximum absolute atomic E-state index is 11.9. The second-order valence-electron chi connectivity index (χ2n) is 4.91. The fourth-order valence-electron chi connectivity index (χ4n) is 2.47. The molecule has 1 aromatic rings. The van der Waals surface area contributed by atoms with Crippen LogP contribution in [0.4, 0.5) is 0 Å². The van der Waals surface area contributed by atoms with Crippen LogP contribution < -0.4 is 11.1 Å². The monoisotopic (exact) mass is 248 g/mol. The Bertz CT molecular complexity index is 420. The molecule has 0 radical (unpaired) electrons. The molecule has 0 saturated heterocycles. The van der Waals surface area contributed by atoms with Gasteiger partial charge in [0.2, 0.25) is 5.91 Å². The molecule has 1 saturated carbocycles. The van der Waals surface area contributed by atoms with Crippen LogP contribution in [0.25, 0.3) is 0 Å². The molecule has 1 aliphatic carbocycles. The third kappa shape index (κ3) is 3.09. The van der Waals surface area contributed by atoms with Gasteiger partial charge < -0.3 is 16.2 Å². The molecule has 4 heteroatoms. The van der Waals surface area contributed by atoms with Crippen molar-refractivity contribution in [3.05, 3.63) is 35.4 Å². The molecule has 1 fully saturated rings. The predicted octanol–water partition coefficient (Wildman–Crippen LogP) is 0.922. The Morgan fingerprint density at radius 3 is 2.67 bits per heavy atom. The van der Waals surface area contributed by atoms with Gasteiger partial charge in [0.15, 0.2) is 0 Å². The summed E-state index contributed by atoms with van der Waals surface area (Å²) in [6, 6.07) is 7.75. The Hall–Kier alpha value is -1.39. The minimum absolute atomic E-state index is 0.000344. The van der Waals surface area contributed by atoms with Gasteiger partial charge in [-0.15, -0.1) is 0 Å². The molecular formula is C14H20N2O2. The van der Waals surface area contributed by atoms with Crippen molar-refractivity contribution in [2.24, 2.45) is 11.7 Å². The SMILES string of the molecule is NC1CCC(C(=O)NCc2ccccc2CO)C1. The average Bonchev–Trinajstić information content (AvgIpc) is 2.83. The number of aliphatic hydroxyl groups is 1. The van der Waals surface area contributed by atoms with E-state index in [1.54, 1.807) is 0 Å². The molecule has 0 bridgehead atoms. The van der Waals surface area contributed by atoms with Gasteiger partial charge in [0, 0.05) is 18.5 Å². The van der Waals surface area contributed by atoms with E-state index in [-0.39, 0.29) is 24.5 Å². The van der Waals surface area contributed by atoms with E-state index < -0.39 is 0 Å². The summed E-state index contributed by atoms with van der Waals surface area (Å²) in [4.78, 5) is 11.9. The predicted molar refractivity (Wildman–Crippen MR) is 69.5 cm³/mol. The molecule has 98 valence electrons. The van der Waals surface area contributed by atoms with Crippen LogP contribution in [0.5, 0.6) is 0 Å². The topological polar surface area (TPSA) is 75.4 Å². The maximum Gasteiger partial charge on any atom is 0.223 e. The summed E-state index contributed by atoms with van der Waals surface area (Å²) < 4.78 is 0. The molecule has 0 aliphatic heterocycles. The van der Waals surface area contributed by atoms with Crippen LogP contribution in [-0.2, 0) is 17.9 Å². The second-order valence-corrected chi connectivity index (χ2v) is 4.91. The number of carbonyl (C=O) groups excluding carboxylic acids is 1. The standard InChI is InChI=1S/C14H20N2O2/c15-13-6-5-10(7-13)14(18)16-8-11-3-1-2-4-12(11)9-17/h1-4,10,13,17H,5-9,15H2,(H,16,18). The molecule has 1 aromatic carbocycles. The third-order valence-electron chi connectivity index (χ3n) is 3.59. The smallest absolute Gasteiger partial charge is 0.223 e. The van der Waals surface area contributed by atoms with Crippen molar-refractivity contribution in [3.8, 4) is 0 Å². The van der Waals surface area contributed by atoms with Crippen molar-refractivity contribution in [2.75, 3.05) is 0 Å². The number of amides is 1. The van der Waals surface area contributed by atoms with E-state index >= 15 is 0 Å². The van der Waals surface area contributed by atoms with Crippen LogP contribution in [0.3, 0.4) is 0 Å². The first-order valence-electron chi connectivity index (χ1n) is 6.41. The zero-order valence-corrected chi connectivity index (χ0v) is 10.4. The van der Waals surface area contributed by atoms with Gasteiger partial charge >= 0.3 is 0 Å². The van der Waals surface area contributed by atoms with Gasteiger partial charge in [-0.1, -0.05) is 24.3 Å². The van der Waals surface area contributed by atoms with Gasteiger partial charge in [-0.2, -0.15) is 0 Å². The summed E-state index contributed by atoms with van der Waals surface area (Å²) in [7, 11) is 0. The summed E-state index contributed by atoms with van der Waals surface area (Å²) in [5, 5.41) is 12.1. The van der Waals surface area contributed by atoms with E-state index in [0.29, 0.717) is 6.54 Å². The number of aliphatic hydroxyl groups excluding tert-OH is 1. The van der Waals surface area contributed by atoms with E-state index in [1.165, 1.54) is 0 Å². The normalized spacial score (nSPS) is 23.0. The quantitative estimate of drug-likeness (QED) is 0.741. The Balaban J connectivity index is 1.89. The molecule has 0 spiro atoms. The summed E-state index contributed by atoms with van der Waals surface area (Å²) >= 11 is 0. The number of rotatable bonds is 4. The Kier molecular flexibility index (Phi) is 4.33. The molecule has 4 nitrogen and oxygen atoms in total. The first-order chi connectivity index (χ1) is 8.70. The summed E-state index contributed by atoms with van der Waals surface area (Å²) in [6.07, 6.45) is 2.60. The number of nitrogens with two attached hydrogens (primary N) is 1. The number of hydrogen-bond donors (Lipinski definition) is 3. The van der Waals surface area contributed by atoms with E-state index in [2.05, 4.69) is 5.32 Å². The lowest BCUT2D eigenvalue weighted by Gasteiger charge is -2.12. The van der Waals surface area contributed by atoms with Crippen molar-refractivity contribution in [2.45, 2.75) is 38.5 Å². The molecular weight excluding hydrogens is 228 g/mol. The highest BCUT2D eigenvalue weighted by atomic mass is 16.3. The fraction of sp³-hybridized carbons (Fsp3) is 0.500. The van der Waals surface area contributed by atoms with E-state index in [0.717, 1.165) is 30.4 Å². The van der Waals surface area contributed by atoms with E-state index in [9.17, 15) is 9.90 Å². The lowest BCUT2D eigenvalue weighted by Crippen LogP contribution is -2.30. The van der Waals surface area contributed by atoms with Gasteiger partial charge in [-0.25, -0.2) is 0 Å². The maximum atomic E-state index is 11.9. The fourth-order valence-corrected chi connectivity index (χ4v) is 2.47. The Labute approximate surface area is 107 Å².